The molecule has 2 heterocycles. The molecule has 20 heavy (non-hydrogen) atoms. The van der Waals surface area contributed by atoms with Gasteiger partial charge in [0.15, 0.2) is 0 Å². The maximum absolute atomic E-state index is 12.4. The number of hydrogen-bond acceptors (Lipinski definition) is 3. The maximum atomic E-state index is 12.4. The molecular formula is C15H12ClN3O. The van der Waals surface area contributed by atoms with Crippen LogP contribution >= 0.6 is 11.6 Å². The van der Waals surface area contributed by atoms with E-state index in [2.05, 4.69) is 9.97 Å². The summed E-state index contributed by atoms with van der Waals surface area (Å²) in [5, 5.41) is 0.921. The van der Waals surface area contributed by atoms with E-state index >= 15 is 0 Å². The monoisotopic (exact) mass is 285 g/mol. The van der Waals surface area contributed by atoms with Crippen LogP contribution in [0, 0.1) is 0 Å². The van der Waals surface area contributed by atoms with Crippen molar-refractivity contribution >= 4 is 22.5 Å². The van der Waals surface area contributed by atoms with Gasteiger partial charge in [0.25, 0.3) is 5.56 Å². The van der Waals surface area contributed by atoms with Gasteiger partial charge in [-0.2, -0.15) is 0 Å². The van der Waals surface area contributed by atoms with Crippen molar-refractivity contribution in [3.63, 3.8) is 0 Å². The molecule has 0 aliphatic carbocycles. The molecule has 0 N–H and O–H groups in total. The number of aryl methyl sites for hydroxylation is 2. The van der Waals surface area contributed by atoms with E-state index in [0.717, 1.165) is 12.0 Å². The van der Waals surface area contributed by atoms with Crippen molar-refractivity contribution in [1.29, 1.82) is 0 Å². The number of pyridine rings is 1. The Hall–Kier alpha value is -2.20. The molecule has 0 bridgehead atoms. The third-order valence-electron chi connectivity index (χ3n) is 3.19. The van der Waals surface area contributed by atoms with Crippen LogP contribution in [0.2, 0.25) is 5.02 Å². The number of benzene rings is 1. The van der Waals surface area contributed by atoms with Crippen molar-refractivity contribution in [3.05, 3.63) is 70.0 Å². The largest absolute Gasteiger partial charge is 0.298 e. The van der Waals surface area contributed by atoms with E-state index in [1.54, 1.807) is 41.5 Å². The van der Waals surface area contributed by atoms with Gasteiger partial charge in [-0.3, -0.25) is 14.3 Å². The predicted octanol–water partition coefficient (Wildman–Crippen LogP) is 2.69. The highest BCUT2D eigenvalue weighted by Gasteiger charge is 2.07. The zero-order valence-corrected chi connectivity index (χ0v) is 11.4. The number of hydrogen-bond donors (Lipinski definition) is 0. The van der Waals surface area contributed by atoms with E-state index in [4.69, 9.17) is 11.6 Å². The minimum atomic E-state index is -0.102. The summed E-state index contributed by atoms with van der Waals surface area (Å²) < 4.78 is 1.59. The summed E-state index contributed by atoms with van der Waals surface area (Å²) in [6.07, 6.45) is 5.81. The van der Waals surface area contributed by atoms with Crippen LogP contribution in [-0.4, -0.2) is 14.5 Å². The highest BCUT2D eigenvalue weighted by atomic mass is 35.5. The normalized spacial score (nSPS) is 10.8. The minimum Gasteiger partial charge on any atom is -0.298 e. The second-order valence-electron chi connectivity index (χ2n) is 4.48. The Kier molecular flexibility index (Phi) is 3.48. The number of nitrogens with zero attached hydrogens (tertiary/aromatic N) is 3. The molecule has 0 aliphatic rings. The molecule has 0 aliphatic heterocycles. The lowest BCUT2D eigenvalue weighted by atomic mass is 10.2. The van der Waals surface area contributed by atoms with E-state index in [-0.39, 0.29) is 5.56 Å². The van der Waals surface area contributed by atoms with Crippen LogP contribution < -0.4 is 5.56 Å². The first-order valence-electron chi connectivity index (χ1n) is 6.28. The van der Waals surface area contributed by atoms with Crippen molar-refractivity contribution in [3.8, 4) is 0 Å². The van der Waals surface area contributed by atoms with E-state index in [1.165, 1.54) is 0 Å². The molecule has 0 atom stereocenters. The Morgan fingerprint density at radius 3 is 2.75 bits per heavy atom. The van der Waals surface area contributed by atoms with Crippen molar-refractivity contribution in [1.82, 2.24) is 14.5 Å². The van der Waals surface area contributed by atoms with Crippen LogP contribution in [0.25, 0.3) is 10.9 Å². The van der Waals surface area contributed by atoms with E-state index in [9.17, 15) is 4.79 Å². The Labute approximate surface area is 120 Å². The molecule has 0 spiro atoms. The first kappa shape index (κ1) is 12.8. The molecule has 3 rings (SSSR count). The zero-order valence-electron chi connectivity index (χ0n) is 10.7. The Balaban J connectivity index is 1.95. The highest BCUT2D eigenvalue weighted by Crippen LogP contribution is 2.17. The molecule has 3 aromatic rings. The van der Waals surface area contributed by atoms with Gasteiger partial charge >= 0.3 is 0 Å². The summed E-state index contributed by atoms with van der Waals surface area (Å²) in [6.45, 7) is 0.566. The van der Waals surface area contributed by atoms with Crippen molar-refractivity contribution < 1.29 is 0 Å². The van der Waals surface area contributed by atoms with E-state index < -0.39 is 0 Å². The second kappa shape index (κ2) is 5.43. The van der Waals surface area contributed by atoms with E-state index in [0.29, 0.717) is 22.5 Å². The van der Waals surface area contributed by atoms with Crippen LogP contribution in [0.3, 0.4) is 0 Å². The fraction of sp³-hybridized carbons (Fsp3) is 0.133. The summed E-state index contributed by atoms with van der Waals surface area (Å²) in [7, 11) is 0. The number of aromatic nitrogens is 3. The summed E-state index contributed by atoms with van der Waals surface area (Å²) in [6, 6.07) is 9.16. The van der Waals surface area contributed by atoms with Crippen molar-refractivity contribution in [2.24, 2.45) is 0 Å². The van der Waals surface area contributed by atoms with Gasteiger partial charge in [0.2, 0.25) is 0 Å². The Bertz CT molecular complexity index is 799. The average Bonchev–Trinajstić information content (AvgIpc) is 2.48. The molecule has 0 radical (unpaired) electrons. The van der Waals surface area contributed by atoms with Gasteiger partial charge in [0, 0.05) is 18.9 Å². The summed E-state index contributed by atoms with van der Waals surface area (Å²) >= 11 is 6.09. The fourth-order valence-corrected chi connectivity index (χ4v) is 2.37. The third kappa shape index (κ3) is 2.42. The van der Waals surface area contributed by atoms with Gasteiger partial charge in [-0.05, 0) is 36.2 Å². The fourth-order valence-electron chi connectivity index (χ4n) is 2.12. The summed E-state index contributed by atoms with van der Waals surface area (Å²) in [4.78, 5) is 20.7. The molecule has 0 saturated carbocycles. The first-order valence-corrected chi connectivity index (χ1v) is 6.66. The summed E-state index contributed by atoms with van der Waals surface area (Å²) in [5.41, 5.74) is 1.66. The van der Waals surface area contributed by atoms with Gasteiger partial charge in [-0.15, -0.1) is 0 Å². The maximum Gasteiger partial charge on any atom is 0.262 e. The predicted molar refractivity (Wildman–Crippen MR) is 79.0 cm³/mol. The topological polar surface area (TPSA) is 47.8 Å². The molecular weight excluding hydrogens is 274 g/mol. The molecule has 100 valence electrons. The molecule has 1 aromatic carbocycles. The Morgan fingerprint density at radius 1 is 1.15 bits per heavy atom. The smallest absolute Gasteiger partial charge is 0.262 e. The molecule has 2 aromatic heterocycles. The van der Waals surface area contributed by atoms with Crippen molar-refractivity contribution in [2.75, 3.05) is 0 Å². The van der Waals surface area contributed by atoms with Gasteiger partial charge in [-0.1, -0.05) is 17.7 Å². The average molecular weight is 286 g/mol. The standard InChI is InChI=1S/C15H12ClN3O/c16-12-2-1-3-13-14(12)15(20)19(10-18-13)9-6-11-4-7-17-8-5-11/h1-5,7-8,10H,6,9H2. The lowest BCUT2D eigenvalue weighted by molar-refractivity contribution is 0.662. The van der Waals surface area contributed by atoms with E-state index in [1.807, 2.05) is 12.1 Å². The lowest BCUT2D eigenvalue weighted by Crippen LogP contribution is -2.21. The first-order chi connectivity index (χ1) is 9.75. The van der Waals surface area contributed by atoms with Crippen molar-refractivity contribution in [2.45, 2.75) is 13.0 Å². The number of halogens is 1. The molecule has 5 heteroatoms. The number of fused-ring (bicyclic) bond motifs is 1. The van der Waals surface area contributed by atoms with Crippen LogP contribution in [0.1, 0.15) is 5.56 Å². The van der Waals surface area contributed by atoms with Crippen LogP contribution in [0.5, 0.6) is 0 Å². The van der Waals surface area contributed by atoms with Crippen LogP contribution in [0.4, 0.5) is 0 Å². The minimum absolute atomic E-state index is 0.102. The zero-order chi connectivity index (χ0) is 13.9. The molecule has 0 amide bonds. The van der Waals surface area contributed by atoms with Gasteiger partial charge in [0.05, 0.1) is 22.3 Å². The second-order valence-corrected chi connectivity index (χ2v) is 4.89. The van der Waals surface area contributed by atoms with Crippen LogP contribution in [-0.2, 0) is 13.0 Å². The SMILES string of the molecule is O=c1c2c(Cl)cccc2ncn1CCc1ccncc1. The quantitative estimate of drug-likeness (QED) is 0.743. The highest BCUT2D eigenvalue weighted by molar-refractivity contribution is 6.35. The third-order valence-corrected chi connectivity index (χ3v) is 3.51. The molecule has 0 unspecified atom stereocenters. The molecule has 0 fully saturated rings. The summed E-state index contributed by atoms with van der Waals surface area (Å²) in [5.74, 6) is 0. The lowest BCUT2D eigenvalue weighted by Gasteiger charge is -2.07. The van der Waals surface area contributed by atoms with Gasteiger partial charge < -0.3 is 0 Å². The van der Waals surface area contributed by atoms with Crippen LogP contribution in [0.15, 0.2) is 53.8 Å². The Morgan fingerprint density at radius 2 is 1.95 bits per heavy atom. The van der Waals surface area contributed by atoms with Gasteiger partial charge in [-0.25, -0.2) is 4.98 Å². The molecule has 4 nitrogen and oxygen atoms in total. The molecule has 0 saturated heterocycles. The number of rotatable bonds is 3. The van der Waals surface area contributed by atoms with Gasteiger partial charge in [0.1, 0.15) is 0 Å².